The van der Waals surface area contributed by atoms with Crippen LogP contribution in [0.4, 0.5) is 0 Å². The van der Waals surface area contributed by atoms with Crippen LogP contribution >= 0.6 is 0 Å². The molecular formula is C29H28O5. The third-order valence-corrected chi connectivity index (χ3v) is 4.96. The first-order chi connectivity index (χ1) is 16.6. The predicted octanol–water partition coefficient (Wildman–Crippen LogP) is 6.48. The number of rotatable bonds is 11. The zero-order valence-corrected chi connectivity index (χ0v) is 19.2. The predicted molar refractivity (Wildman–Crippen MR) is 134 cm³/mol. The molecule has 0 fully saturated rings. The zero-order chi connectivity index (χ0) is 24.2. The van der Waals surface area contributed by atoms with E-state index in [1.807, 2.05) is 24.3 Å². The van der Waals surface area contributed by atoms with Crippen molar-refractivity contribution in [1.82, 2.24) is 0 Å². The fraction of sp³-hybridized carbons (Fsp3) is 0.172. The van der Waals surface area contributed by atoms with E-state index in [0.29, 0.717) is 17.9 Å². The molecule has 0 aliphatic rings. The molecule has 5 nitrogen and oxygen atoms in total. The van der Waals surface area contributed by atoms with Crippen molar-refractivity contribution in [3.05, 3.63) is 108 Å². The first-order valence-electron chi connectivity index (χ1n) is 11.2. The zero-order valence-electron chi connectivity index (χ0n) is 19.2. The molecule has 3 aromatic carbocycles. The van der Waals surface area contributed by atoms with E-state index >= 15 is 0 Å². The first kappa shape index (κ1) is 24.5. The van der Waals surface area contributed by atoms with Gasteiger partial charge in [-0.2, -0.15) is 0 Å². The van der Waals surface area contributed by atoms with Gasteiger partial charge in [0.25, 0.3) is 0 Å². The van der Waals surface area contributed by atoms with Crippen LogP contribution in [0.3, 0.4) is 0 Å². The molecule has 0 aliphatic carbocycles. The Hall–Kier alpha value is -4.12. The van der Waals surface area contributed by atoms with E-state index < -0.39 is 11.9 Å². The molecule has 0 amide bonds. The van der Waals surface area contributed by atoms with Crippen molar-refractivity contribution in [1.29, 1.82) is 0 Å². The monoisotopic (exact) mass is 456 g/mol. The van der Waals surface area contributed by atoms with Gasteiger partial charge in [0.2, 0.25) is 0 Å². The van der Waals surface area contributed by atoms with E-state index in [0.717, 1.165) is 35.3 Å². The SMILES string of the molecule is C=Cc1ccc(COC(=O)/C=C/c2ccc(OC(=O)c3ccc(OCCCC)cc3)cc2)cc1. The van der Waals surface area contributed by atoms with Gasteiger partial charge in [-0.05, 0) is 65.6 Å². The van der Waals surface area contributed by atoms with E-state index in [9.17, 15) is 9.59 Å². The summed E-state index contributed by atoms with van der Waals surface area (Å²) >= 11 is 0. The standard InChI is InChI=1S/C29H28O5/c1-3-5-20-32-26-17-13-25(14-18-26)29(31)34-27-15-10-23(11-16-27)12-19-28(30)33-21-24-8-6-22(4-2)7-9-24/h4,6-19H,2-3,5,20-21H2,1H3/b19-12+. The van der Waals surface area contributed by atoms with Gasteiger partial charge in [-0.1, -0.05) is 62.4 Å². The van der Waals surface area contributed by atoms with Crippen molar-refractivity contribution >= 4 is 24.1 Å². The second-order valence-electron chi connectivity index (χ2n) is 7.57. The fourth-order valence-corrected chi connectivity index (χ4v) is 2.95. The average molecular weight is 457 g/mol. The summed E-state index contributed by atoms with van der Waals surface area (Å²) in [7, 11) is 0. The second kappa shape index (κ2) is 12.8. The molecular weight excluding hydrogens is 428 g/mol. The van der Waals surface area contributed by atoms with Gasteiger partial charge in [0.1, 0.15) is 18.1 Å². The van der Waals surface area contributed by atoms with Crippen molar-refractivity contribution in [2.45, 2.75) is 26.4 Å². The van der Waals surface area contributed by atoms with Crippen molar-refractivity contribution in [2.75, 3.05) is 6.61 Å². The van der Waals surface area contributed by atoms with Crippen LogP contribution in [-0.2, 0) is 16.1 Å². The van der Waals surface area contributed by atoms with Gasteiger partial charge in [0.15, 0.2) is 0 Å². The molecule has 0 aliphatic heterocycles. The minimum Gasteiger partial charge on any atom is -0.494 e. The Morgan fingerprint density at radius 3 is 2.15 bits per heavy atom. The smallest absolute Gasteiger partial charge is 0.343 e. The molecule has 0 N–H and O–H groups in total. The van der Waals surface area contributed by atoms with E-state index in [-0.39, 0.29) is 6.61 Å². The highest BCUT2D eigenvalue weighted by atomic mass is 16.5. The summed E-state index contributed by atoms with van der Waals surface area (Å²) in [5.41, 5.74) is 3.13. The average Bonchev–Trinajstić information content (AvgIpc) is 2.88. The van der Waals surface area contributed by atoms with Crippen LogP contribution in [-0.4, -0.2) is 18.5 Å². The number of carbonyl (C=O) groups is 2. The van der Waals surface area contributed by atoms with E-state index in [2.05, 4.69) is 13.5 Å². The largest absolute Gasteiger partial charge is 0.494 e. The van der Waals surface area contributed by atoms with Crippen LogP contribution in [0.2, 0.25) is 0 Å². The minimum atomic E-state index is -0.451. The van der Waals surface area contributed by atoms with Crippen LogP contribution < -0.4 is 9.47 Å². The molecule has 0 unspecified atom stereocenters. The Bertz CT molecular complexity index is 1110. The summed E-state index contributed by atoms with van der Waals surface area (Å²) in [6.07, 6.45) is 6.82. The highest BCUT2D eigenvalue weighted by Crippen LogP contribution is 2.18. The maximum absolute atomic E-state index is 12.4. The summed E-state index contributed by atoms with van der Waals surface area (Å²) in [5, 5.41) is 0. The first-order valence-corrected chi connectivity index (χ1v) is 11.2. The molecule has 0 radical (unpaired) electrons. The van der Waals surface area contributed by atoms with Crippen LogP contribution in [0.25, 0.3) is 12.2 Å². The summed E-state index contributed by atoms with van der Waals surface area (Å²) in [5.74, 6) is 0.250. The lowest BCUT2D eigenvalue weighted by molar-refractivity contribution is -0.138. The normalized spacial score (nSPS) is 10.6. The maximum Gasteiger partial charge on any atom is 0.343 e. The third-order valence-electron chi connectivity index (χ3n) is 4.96. The number of hydrogen-bond donors (Lipinski definition) is 0. The molecule has 3 rings (SSSR count). The van der Waals surface area contributed by atoms with Crippen molar-refractivity contribution in [2.24, 2.45) is 0 Å². The molecule has 0 heterocycles. The van der Waals surface area contributed by atoms with Gasteiger partial charge in [-0.15, -0.1) is 0 Å². The van der Waals surface area contributed by atoms with Crippen LogP contribution in [0.15, 0.2) is 85.5 Å². The van der Waals surface area contributed by atoms with Gasteiger partial charge in [-0.25, -0.2) is 9.59 Å². The number of benzene rings is 3. The summed E-state index contributed by atoms with van der Waals surface area (Å²) in [6, 6.07) is 21.4. The third kappa shape index (κ3) is 7.78. The molecule has 3 aromatic rings. The highest BCUT2D eigenvalue weighted by Gasteiger charge is 2.09. The molecule has 0 saturated heterocycles. The Morgan fingerprint density at radius 1 is 0.853 bits per heavy atom. The van der Waals surface area contributed by atoms with Gasteiger partial charge < -0.3 is 14.2 Å². The summed E-state index contributed by atoms with van der Waals surface area (Å²) in [6.45, 7) is 6.67. The number of ether oxygens (including phenoxy) is 3. The van der Waals surface area contributed by atoms with Crippen LogP contribution in [0.5, 0.6) is 11.5 Å². The Kier molecular flexibility index (Phi) is 9.23. The Balaban J connectivity index is 1.47. The number of hydrogen-bond acceptors (Lipinski definition) is 5. The molecule has 0 saturated carbocycles. The quantitative estimate of drug-likeness (QED) is 0.143. The lowest BCUT2D eigenvalue weighted by Crippen LogP contribution is -2.08. The fourth-order valence-electron chi connectivity index (χ4n) is 2.95. The molecule has 0 atom stereocenters. The second-order valence-corrected chi connectivity index (χ2v) is 7.57. The van der Waals surface area contributed by atoms with Gasteiger partial charge in [0.05, 0.1) is 12.2 Å². The summed E-state index contributed by atoms with van der Waals surface area (Å²) in [4.78, 5) is 24.3. The number of unbranched alkanes of at least 4 members (excludes halogenated alkanes) is 1. The van der Waals surface area contributed by atoms with E-state index in [4.69, 9.17) is 14.2 Å². The van der Waals surface area contributed by atoms with Gasteiger partial charge in [-0.3, -0.25) is 0 Å². The van der Waals surface area contributed by atoms with Crippen molar-refractivity contribution < 1.29 is 23.8 Å². The molecule has 0 bridgehead atoms. The van der Waals surface area contributed by atoms with Crippen molar-refractivity contribution in [3.63, 3.8) is 0 Å². The topological polar surface area (TPSA) is 61.8 Å². The minimum absolute atomic E-state index is 0.196. The Labute approximate surface area is 200 Å². The van der Waals surface area contributed by atoms with Crippen molar-refractivity contribution in [3.8, 4) is 11.5 Å². The maximum atomic E-state index is 12.4. The van der Waals surface area contributed by atoms with Gasteiger partial charge >= 0.3 is 11.9 Å². The summed E-state index contributed by atoms with van der Waals surface area (Å²) < 4.78 is 16.3. The lowest BCUT2D eigenvalue weighted by Gasteiger charge is -2.07. The number of carbonyl (C=O) groups excluding carboxylic acids is 2. The molecule has 174 valence electrons. The highest BCUT2D eigenvalue weighted by molar-refractivity contribution is 5.91. The molecule has 34 heavy (non-hydrogen) atoms. The molecule has 0 aromatic heterocycles. The molecule has 0 spiro atoms. The lowest BCUT2D eigenvalue weighted by atomic mass is 10.1. The van der Waals surface area contributed by atoms with E-state index in [1.54, 1.807) is 60.7 Å². The van der Waals surface area contributed by atoms with Gasteiger partial charge in [0, 0.05) is 6.08 Å². The van der Waals surface area contributed by atoms with Crippen LogP contribution in [0, 0.1) is 0 Å². The van der Waals surface area contributed by atoms with E-state index in [1.165, 1.54) is 6.08 Å². The number of esters is 2. The molecule has 5 heteroatoms. The Morgan fingerprint density at radius 2 is 1.50 bits per heavy atom. The van der Waals surface area contributed by atoms with Crippen LogP contribution in [0.1, 0.15) is 46.8 Å².